The second-order valence-corrected chi connectivity index (χ2v) is 7.50. The van der Waals surface area contributed by atoms with Crippen molar-refractivity contribution in [2.75, 3.05) is 6.61 Å². The van der Waals surface area contributed by atoms with E-state index in [0.29, 0.717) is 13.2 Å². The van der Waals surface area contributed by atoms with Crippen LogP contribution >= 0.6 is 0 Å². The van der Waals surface area contributed by atoms with Crippen LogP contribution in [0.1, 0.15) is 33.3 Å². The Bertz CT molecular complexity index is 682. The highest BCUT2D eigenvalue weighted by Crippen LogP contribution is 2.38. The van der Waals surface area contributed by atoms with E-state index >= 15 is 0 Å². The summed E-state index contributed by atoms with van der Waals surface area (Å²) in [4.78, 5) is 0. The van der Waals surface area contributed by atoms with Gasteiger partial charge in [-0.15, -0.1) is 0 Å². The number of hydrogen-bond donors (Lipinski definition) is 0. The van der Waals surface area contributed by atoms with Crippen molar-refractivity contribution >= 4 is 12.6 Å². The molecule has 0 amide bonds. The normalized spacial score (nSPS) is 19.1. The second-order valence-electron chi connectivity index (χ2n) is 7.50. The van der Waals surface area contributed by atoms with Crippen molar-refractivity contribution in [2.24, 2.45) is 5.41 Å². The molecule has 1 heterocycles. The third-order valence-electron chi connectivity index (χ3n) is 5.01. The number of benzene rings is 2. The van der Waals surface area contributed by atoms with E-state index in [1.165, 1.54) is 0 Å². The standard InChI is InChI=1S/C20H25BO3/c1-19(2)15-23-21(24-20(19,3)4)17-11-8-12-18(13-17)22-14-16-9-6-5-7-10-16/h5-13H,14-15H2,1-4H3. The molecule has 0 saturated carbocycles. The Morgan fingerprint density at radius 3 is 2.46 bits per heavy atom. The van der Waals surface area contributed by atoms with Crippen LogP contribution in [0.15, 0.2) is 54.6 Å². The molecule has 126 valence electrons. The molecular weight excluding hydrogens is 299 g/mol. The average molecular weight is 324 g/mol. The Morgan fingerprint density at radius 2 is 1.75 bits per heavy atom. The van der Waals surface area contributed by atoms with Gasteiger partial charge in [0.1, 0.15) is 12.4 Å². The van der Waals surface area contributed by atoms with Gasteiger partial charge in [0.25, 0.3) is 0 Å². The fourth-order valence-corrected chi connectivity index (χ4v) is 2.58. The van der Waals surface area contributed by atoms with Crippen LogP contribution in [0.25, 0.3) is 0 Å². The first-order chi connectivity index (χ1) is 11.4. The molecule has 3 rings (SSSR count). The SMILES string of the molecule is CC1(C)COB(c2cccc(OCc3ccccc3)c2)OC1(C)C. The molecule has 0 bridgehead atoms. The zero-order valence-electron chi connectivity index (χ0n) is 14.9. The summed E-state index contributed by atoms with van der Waals surface area (Å²) in [6, 6.07) is 18.1. The molecule has 2 aromatic rings. The van der Waals surface area contributed by atoms with E-state index in [-0.39, 0.29) is 18.1 Å². The van der Waals surface area contributed by atoms with Crippen LogP contribution in [0.3, 0.4) is 0 Å². The first kappa shape index (κ1) is 17.1. The highest BCUT2D eigenvalue weighted by Gasteiger charge is 2.46. The monoisotopic (exact) mass is 324 g/mol. The van der Waals surface area contributed by atoms with E-state index in [0.717, 1.165) is 16.8 Å². The Balaban J connectivity index is 1.69. The van der Waals surface area contributed by atoms with Gasteiger partial charge in [0.2, 0.25) is 0 Å². The van der Waals surface area contributed by atoms with Crippen molar-refractivity contribution < 1.29 is 14.0 Å². The first-order valence-corrected chi connectivity index (χ1v) is 8.43. The van der Waals surface area contributed by atoms with Crippen LogP contribution in [0.4, 0.5) is 0 Å². The summed E-state index contributed by atoms with van der Waals surface area (Å²) in [5.74, 6) is 0.825. The molecule has 1 saturated heterocycles. The lowest BCUT2D eigenvalue weighted by Gasteiger charge is -2.47. The van der Waals surface area contributed by atoms with Gasteiger partial charge in [0.15, 0.2) is 0 Å². The smallest absolute Gasteiger partial charge is 0.489 e. The van der Waals surface area contributed by atoms with Gasteiger partial charge in [-0.1, -0.05) is 56.3 Å². The van der Waals surface area contributed by atoms with Crippen LogP contribution in [0, 0.1) is 5.41 Å². The van der Waals surface area contributed by atoms with Gasteiger partial charge in [-0.05, 0) is 37.0 Å². The largest absolute Gasteiger partial charge is 0.494 e. The van der Waals surface area contributed by atoms with E-state index in [4.69, 9.17) is 14.0 Å². The summed E-state index contributed by atoms with van der Waals surface area (Å²) in [5, 5.41) is 0. The molecule has 2 aromatic carbocycles. The number of rotatable bonds is 4. The van der Waals surface area contributed by atoms with E-state index in [2.05, 4.69) is 39.8 Å². The molecule has 0 unspecified atom stereocenters. The minimum atomic E-state index is -0.353. The zero-order chi connectivity index (χ0) is 17.2. The number of hydrogen-bond acceptors (Lipinski definition) is 3. The van der Waals surface area contributed by atoms with Crippen molar-refractivity contribution in [3.63, 3.8) is 0 Å². The molecule has 0 atom stereocenters. The van der Waals surface area contributed by atoms with Gasteiger partial charge in [0, 0.05) is 12.0 Å². The average Bonchev–Trinajstić information content (AvgIpc) is 2.57. The molecule has 24 heavy (non-hydrogen) atoms. The Morgan fingerprint density at radius 1 is 1.00 bits per heavy atom. The summed E-state index contributed by atoms with van der Waals surface area (Å²) in [7, 11) is -0.353. The minimum Gasteiger partial charge on any atom is -0.489 e. The molecule has 1 fully saturated rings. The lowest BCUT2D eigenvalue weighted by molar-refractivity contribution is -0.0937. The van der Waals surface area contributed by atoms with E-state index in [9.17, 15) is 0 Å². The van der Waals surface area contributed by atoms with Gasteiger partial charge in [-0.3, -0.25) is 0 Å². The summed E-state index contributed by atoms with van der Waals surface area (Å²) in [6.45, 7) is 9.80. The zero-order valence-corrected chi connectivity index (χ0v) is 14.9. The van der Waals surface area contributed by atoms with Gasteiger partial charge in [0.05, 0.1) is 5.60 Å². The third-order valence-corrected chi connectivity index (χ3v) is 5.01. The Kier molecular flexibility index (Phi) is 4.70. The molecule has 1 aliphatic rings. The summed E-state index contributed by atoms with van der Waals surface area (Å²) >= 11 is 0. The Hall–Kier alpha value is -1.78. The molecule has 0 N–H and O–H groups in total. The maximum absolute atomic E-state index is 6.22. The van der Waals surface area contributed by atoms with E-state index < -0.39 is 0 Å². The fourth-order valence-electron chi connectivity index (χ4n) is 2.58. The lowest BCUT2D eigenvalue weighted by atomic mass is 9.69. The molecule has 0 radical (unpaired) electrons. The van der Waals surface area contributed by atoms with Crippen molar-refractivity contribution in [1.29, 1.82) is 0 Å². The molecule has 3 nitrogen and oxygen atoms in total. The highest BCUT2D eigenvalue weighted by molar-refractivity contribution is 6.61. The topological polar surface area (TPSA) is 27.7 Å². The summed E-state index contributed by atoms with van der Waals surface area (Å²) in [6.07, 6.45) is 0. The van der Waals surface area contributed by atoms with Gasteiger partial charge in [-0.25, -0.2) is 0 Å². The van der Waals surface area contributed by atoms with Gasteiger partial charge in [-0.2, -0.15) is 0 Å². The fraction of sp³-hybridized carbons (Fsp3) is 0.400. The minimum absolute atomic E-state index is 0.0229. The molecular formula is C20H25BO3. The number of ether oxygens (including phenoxy) is 1. The molecule has 0 aromatic heterocycles. The van der Waals surface area contributed by atoms with Crippen LogP contribution in [0.2, 0.25) is 0 Å². The van der Waals surface area contributed by atoms with Crippen molar-refractivity contribution in [1.82, 2.24) is 0 Å². The van der Waals surface area contributed by atoms with Crippen LogP contribution in [-0.2, 0) is 15.9 Å². The summed E-state index contributed by atoms with van der Waals surface area (Å²) < 4.78 is 18.1. The predicted octanol–water partition coefficient (Wildman–Crippen LogP) is 3.81. The van der Waals surface area contributed by atoms with Crippen LogP contribution < -0.4 is 10.2 Å². The van der Waals surface area contributed by atoms with Crippen molar-refractivity contribution in [3.8, 4) is 5.75 Å². The first-order valence-electron chi connectivity index (χ1n) is 8.43. The van der Waals surface area contributed by atoms with E-state index in [1.54, 1.807) is 0 Å². The third kappa shape index (κ3) is 3.65. The van der Waals surface area contributed by atoms with Crippen molar-refractivity contribution in [3.05, 3.63) is 60.2 Å². The van der Waals surface area contributed by atoms with Crippen LogP contribution in [0.5, 0.6) is 5.75 Å². The van der Waals surface area contributed by atoms with Gasteiger partial charge < -0.3 is 14.0 Å². The Labute approximate surface area is 145 Å². The van der Waals surface area contributed by atoms with Gasteiger partial charge >= 0.3 is 7.12 Å². The van der Waals surface area contributed by atoms with Crippen molar-refractivity contribution in [2.45, 2.75) is 39.9 Å². The second kappa shape index (κ2) is 6.62. The lowest BCUT2D eigenvalue weighted by Crippen LogP contribution is -2.58. The predicted molar refractivity (Wildman–Crippen MR) is 97.5 cm³/mol. The maximum Gasteiger partial charge on any atom is 0.494 e. The quantitative estimate of drug-likeness (QED) is 0.801. The molecule has 0 spiro atoms. The maximum atomic E-state index is 6.22. The van der Waals surface area contributed by atoms with E-state index in [1.807, 2.05) is 42.5 Å². The molecule has 1 aliphatic heterocycles. The highest BCUT2D eigenvalue weighted by atomic mass is 16.6. The summed E-state index contributed by atoms with van der Waals surface area (Å²) in [5.41, 5.74) is 1.86. The molecule has 0 aliphatic carbocycles. The van der Waals surface area contributed by atoms with Crippen LogP contribution in [-0.4, -0.2) is 19.3 Å². The molecule has 4 heteroatoms.